The van der Waals surface area contributed by atoms with Crippen molar-refractivity contribution in [2.75, 3.05) is 12.0 Å². The minimum Gasteiger partial charge on any atom is -0.495 e. The molecule has 1 heterocycles. The van der Waals surface area contributed by atoms with Gasteiger partial charge in [-0.2, -0.15) is 4.99 Å². The maximum atomic E-state index is 14.1. The molecule has 0 atom stereocenters. The molecule has 1 aliphatic heterocycles. The highest BCUT2D eigenvalue weighted by molar-refractivity contribution is 9.10. The van der Waals surface area contributed by atoms with Gasteiger partial charge in [-0.15, -0.1) is 0 Å². The molecule has 2 aliphatic rings. The third kappa shape index (κ3) is 2.75. The Hall–Kier alpha value is -1.83. The lowest BCUT2D eigenvalue weighted by atomic mass is 9.87. The molecule has 124 valence electrons. The highest BCUT2D eigenvalue weighted by Gasteiger charge is 2.43. The molecule has 0 saturated heterocycles. The zero-order valence-electron chi connectivity index (χ0n) is 12.9. The molecular weight excluding hydrogens is 365 g/mol. The Morgan fingerprint density at radius 3 is 2.61 bits per heavy atom. The van der Waals surface area contributed by atoms with Crippen LogP contribution in [-0.4, -0.2) is 24.7 Å². The number of hydrogen-bond acceptors (Lipinski definition) is 6. The average Bonchev–Trinajstić information content (AvgIpc) is 2.50. The van der Waals surface area contributed by atoms with E-state index in [-0.39, 0.29) is 11.9 Å². The number of halogens is 2. The minimum atomic E-state index is -0.623. The van der Waals surface area contributed by atoms with E-state index in [9.17, 15) is 4.39 Å². The first-order chi connectivity index (χ1) is 11.0. The van der Waals surface area contributed by atoms with E-state index >= 15 is 0 Å². The quantitative estimate of drug-likeness (QED) is 0.821. The average molecular weight is 384 g/mol. The van der Waals surface area contributed by atoms with E-state index in [0.717, 1.165) is 32.1 Å². The summed E-state index contributed by atoms with van der Waals surface area (Å²) in [5.74, 6) is 0.468. The number of rotatable bonds is 2. The third-order valence-corrected chi connectivity index (χ3v) is 4.92. The number of anilines is 1. The Morgan fingerprint density at radius 2 is 1.96 bits per heavy atom. The molecule has 0 aromatic heterocycles. The molecule has 1 aliphatic carbocycles. The number of methoxy groups -OCH3 is 1. The van der Waals surface area contributed by atoms with Gasteiger partial charge in [0.15, 0.2) is 0 Å². The topological polar surface area (TPSA) is 89.2 Å². The van der Waals surface area contributed by atoms with Crippen LogP contribution in [0.1, 0.15) is 32.1 Å². The highest BCUT2D eigenvalue weighted by atomic mass is 79.9. The van der Waals surface area contributed by atoms with Crippen LogP contribution < -0.4 is 21.1 Å². The van der Waals surface area contributed by atoms with Gasteiger partial charge in [0.2, 0.25) is 11.9 Å². The van der Waals surface area contributed by atoms with E-state index in [1.54, 1.807) is 11.0 Å². The first-order valence-corrected chi connectivity index (χ1v) is 8.29. The van der Waals surface area contributed by atoms with Gasteiger partial charge in [0, 0.05) is 6.07 Å². The smallest absolute Gasteiger partial charge is 0.220 e. The van der Waals surface area contributed by atoms with Crippen LogP contribution >= 0.6 is 15.9 Å². The Balaban J connectivity index is 2.16. The van der Waals surface area contributed by atoms with Crippen molar-refractivity contribution in [3.05, 3.63) is 22.4 Å². The number of aliphatic imine (C=N–C) groups is 2. The van der Waals surface area contributed by atoms with E-state index in [2.05, 4.69) is 25.9 Å². The molecule has 8 heteroatoms. The fraction of sp³-hybridized carbons (Fsp3) is 0.467. The Labute approximate surface area is 142 Å². The lowest BCUT2D eigenvalue weighted by Crippen LogP contribution is -2.58. The Kier molecular flexibility index (Phi) is 4.18. The second-order valence-corrected chi connectivity index (χ2v) is 6.61. The van der Waals surface area contributed by atoms with Crippen molar-refractivity contribution in [2.45, 2.75) is 37.8 Å². The SMILES string of the molecule is COc1cc(Br)c(F)cc1N1C(N)=NC(N)=NC12CCCCC2. The van der Waals surface area contributed by atoms with Gasteiger partial charge in [0.25, 0.3) is 0 Å². The Bertz CT molecular complexity index is 685. The molecule has 1 spiro atoms. The normalized spacial score (nSPS) is 20.2. The van der Waals surface area contributed by atoms with Gasteiger partial charge < -0.3 is 16.2 Å². The number of guanidine groups is 2. The molecule has 0 bridgehead atoms. The molecule has 0 unspecified atom stereocenters. The lowest BCUT2D eigenvalue weighted by Gasteiger charge is -2.45. The molecule has 3 rings (SSSR count). The van der Waals surface area contributed by atoms with E-state index in [0.29, 0.717) is 15.9 Å². The molecule has 0 amide bonds. The number of nitrogens with two attached hydrogens (primary N) is 2. The van der Waals surface area contributed by atoms with Crippen LogP contribution in [0.4, 0.5) is 10.1 Å². The molecule has 1 saturated carbocycles. The molecule has 1 aromatic rings. The van der Waals surface area contributed by atoms with Gasteiger partial charge in [-0.25, -0.2) is 9.38 Å². The van der Waals surface area contributed by atoms with Crippen molar-refractivity contribution in [1.82, 2.24) is 0 Å². The standard InChI is InChI=1S/C15H19BrFN5O/c1-23-12-7-9(16)10(17)8-11(12)22-14(19)20-13(18)21-15(22)5-3-2-4-6-15/h7-8H,2-6H2,1H3,(H4,18,19,20,21). The summed E-state index contributed by atoms with van der Waals surface area (Å²) < 4.78 is 19.9. The maximum absolute atomic E-state index is 14.1. The Morgan fingerprint density at radius 1 is 1.26 bits per heavy atom. The fourth-order valence-corrected chi connectivity index (χ4v) is 3.65. The van der Waals surface area contributed by atoms with Gasteiger partial charge in [-0.3, -0.25) is 4.90 Å². The van der Waals surface area contributed by atoms with E-state index in [1.807, 2.05) is 0 Å². The van der Waals surface area contributed by atoms with Crippen molar-refractivity contribution in [3.63, 3.8) is 0 Å². The number of ether oxygens (including phenoxy) is 1. The summed E-state index contributed by atoms with van der Waals surface area (Å²) in [5, 5.41) is 0. The van der Waals surface area contributed by atoms with Crippen molar-refractivity contribution < 1.29 is 9.13 Å². The molecule has 4 N–H and O–H groups in total. The monoisotopic (exact) mass is 383 g/mol. The van der Waals surface area contributed by atoms with Crippen LogP contribution in [0.15, 0.2) is 26.6 Å². The predicted molar refractivity (Wildman–Crippen MR) is 92.2 cm³/mol. The molecule has 23 heavy (non-hydrogen) atoms. The molecule has 0 radical (unpaired) electrons. The molecule has 1 fully saturated rings. The summed E-state index contributed by atoms with van der Waals surface area (Å²) in [5.41, 5.74) is 11.9. The molecule has 1 aromatic carbocycles. The van der Waals surface area contributed by atoms with Crippen LogP contribution in [0.2, 0.25) is 0 Å². The summed E-state index contributed by atoms with van der Waals surface area (Å²) in [7, 11) is 1.53. The number of benzene rings is 1. The predicted octanol–water partition coefficient (Wildman–Crippen LogP) is 2.71. The van der Waals surface area contributed by atoms with Crippen LogP contribution in [-0.2, 0) is 0 Å². The van der Waals surface area contributed by atoms with Crippen molar-refractivity contribution >= 4 is 33.5 Å². The van der Waals surface area contributed by atoms with Crippen LogP contribution in [0, 0.1) is 5.82 Å². The maximum Gasteiger partial charge on any atom is 0.220 e. The first-order valence-electron chi connectivity index (χ1n) is 7.49. The highest BCUT2D eigenvalue weighted by Crippen LogP contribution is 2.43. The summed E-state index contributed by atoms with van der Waals surface area (Å²) in [4.78, 5) is 10.4. The minimum absolute atomic E-state index is 0.164. The zero-order chi connectivity index (χ0) is 16.6. The largest absolute Gasteiger partial charge is 0.495 e. The first kappa shape index (κ1) is 16.0. The lowest BCUT2D eigenvalue weighted by molar-refractivity contribution is 0.302. The second kappa shape index (κ2) is 5.99. The van der Waals surface area contributed by atoms with E-state index < -0.39 is 11.5 Å². The third-order valence-electron chi connectivity index (χ3n) is 4.31. The van der Waals surface area contributed by atoms with E-state index in [1.165, 1.54) is 13.2 Å². The fourth-order valence-electron chi connectivity index (χ4n) is 3.33. The molecule has 6 nitrogen and oxygen atoms in total. The van der Waals surface area contributed by atoms with Crippen molar-refractivity contribution in [3.8, 4) is 5.75 Å². The van der Waals surface area contributed by atoms with Gasteiger partial charge in [-0.1, -0.05) is 6.42 Å². The van der Waals surface area contributed by atoms with Gasteiger partial charge >= 0.3 is 0 Å². The van der Waals surface area contributed by atoms with Crippen molar-refractivity contribution in [1.29, 1.82) is 0 Å². The van der Waals surface area contributed by atoms with Gasteiger partial charge in [-0.05, 0) is 47.7 Å². The van der Waals surface area contributed by atoms with E-state index in [4.69, 9.17) is 16.2 Å². The van der Waals surface area contributed by atoms with Gasteiger partial charge in [0.05, 0.1) is 17.3 Å². The summed E-state index contributed by atoms with van der Waals surface area (Å²) in [6, 6.07) is 2.97. The number of nitrogens with zero attached hydrogens (tertiary/aromatic N) is 3. The zero-order valence-corrected chi connectivity index (χ0v) is 14.4. The van der Waals surface area contributed by atoms with Crippen LogP contribution in [0.25, 0.3) is 0 Å². The number of hydrogen-bond donors (Lipinski definition) is 2. The van der Waals surface area contributed by atoms with Gasteiger partial charge in [0.1, 0.15) is 17.2 Å². The van der Waals surface area contributed by atoms with Crippen LogP contribution in [0.5, 0.6) is 5.75 Å². The second-order valence-electron chi connectivity index (χ2n) is 5.76. The molecular formula is C15H19BrFN5O. The summed E-state index contributed by atoms with van der Waals surface area (Å²) in [6.45, 7) is 0. The van der Waals surface area contributed by atoms with Crippen molar-refractivity contribution in [2.24, 2.45) is 21.5 Å². The van der Waals surface area contributed by atoms with Crippen LogP contribution in [0.3, 0.4) is 0 Å². The summed E-state index contributed by atoms with van der Waals surface area (Å²) in [6.07, 6.45) is 4.70. The summed E-state index contributed by atoms with van der Waals surface area (Å²) >= 11 is 3.17.